The van der Waals surface area contributed by atoms with Crippen molar-refractivity contribution in [1.29, 1.82) is 0 Å². The number of imidazole rings is 1. The first-order chi connectivity index (χ1) is 8.59. The quantitative estimate of drug-likeness (QED) is 0.878. The highest BCUT2D eigenvalue weighted by atomic mass is 16.3. The maximum Gasteiger partial charge on any atom is 0.0959 e. The predicted octanol–water partition coefficient (Wildman–Crippen LogP) is 1.86. The topological polar surface area (TPSA) is 55.9 Å². The van der Waals surface area contributed by atoms with Crippen LogP contribution in [0.1, 0.15) is 43.8 Å². The van der Waals surface area contributed by atoms with Gasteiger partial charge in [0.15, 0.2) is 0 Å². The smallest absolute Gasteiger partial charge is 0.0959 e. The Balaban J connectivity index is 2.01. The van der Waals surface area contributed by atoms with Crippen LogP contribution in [0.4, 0.5) is 0 Å². The fraction of sp³-hybridized carbons (Fsp3) is 0.538. The summed E-state index contributed by atoms with van der Waals surface area (Å²) < 4.78 is 3.85. The van der Waals surface area contributed by atoms with Gasteiger partial charge >= 0.3 is 0 Å². The molecular weight excluding hydrogens is 228 g/mol. The largest absolute Gasteiger partial charge is 0.387 e. The molecule has 2 aromatic heterocycles. The Hall–Kier alpha value is -1.62. The van der Waals surface area contributed by atoms with Crippen LogP contribution in [-0.2, 0) is 13.5 Å². The Labute approximate surface area is 107 Å². The Morgan fingerprint density at radius 3 is 2.78 bits per heavy atom. The summed E-state index contributed by atoms with van der Waals surface area (Å²) in [5.74, 6) is 0. The van der Waals surface area contributed by atoms with E-state index in [0.29, 0.717) is 12.5 Å². The maximum atomic E-state index is 10.2. The molecule has 0 saturated heterocycles. The molecule has 0 saturated carbocycles. The number of hydrogen-bond acceptors (Lipinski definition) is 3. The van der Waals surface area contributed by atoms with E-state index in [4.69, 9.17) is 0 Å². The van der Waals surface area contributed by atoms with Gasteiger partial charge in [-0.2, -0.15) is 5.10 Å². The lowest BCUT2D eigenvalue weighted by Gasteiger charge is -2.16. The minimum absolute atomic E-state index is 0.314. The van der Waals surface area contributed by atoms with E-state index in [1.165, 1.54) is 0 Å². The third-order valence-electron chi connectivity index (χ3n) is 3.19. The molecule has 18 heavy (non-hydrogen) atoms. The van der Waals surface area contributed by atoms with E-state index < -0.39 is 6.10 Å². The van der Waals surface area contributed by atoms with Crippen LogP contribution in [0.25, 0.3) is 0 Å². The first-order valence-electron chi connectivity index (χ1n) is 6.26. The molecule has 5 heteroatoms. The van der Waals surface area contributed by atoms with Crippen LogP contribution < -0.4 is 0 Å². The molecule has 5 nitrogen and oxygen atoms in total. The van der Waals surface area contributed by atoms with Crippen molar-refractivity contribution in [3.8, 4) is 0 Å². The van der Waals surface area contributed by atoms with Crippen LogP contribution in [-0.4, -0.2) is 24.4 Å². The molecular formula is C13H20N4O. The predicted molar refractivity (Wildman–Crippen MR) is 69.1 cm³/mol. The maximum absolute atomic E-state index is 10.2. The lowest BCUT2D eigenvalue weighted by molar-refractivity contribution is 0.156. The Morgan fingerprint density at radius 1 is 1.39 bits per heavy atom. The number of aliphatic hydroxyl groups is 1. The summed E-state index contributed by atoms with van der Waals surface area (Å²) in [5, 5.41) is 14.4. The summed E-state index contributed by atoms with van der Waals surface area (Å²) in [5.41, 5.74) is 2.01. The molecule has 2 rings (SSSR count). The van der Waals surface area contributed by atoms with Gasteiger partial charge in [-0.1, -0.05) is 0 Å². The van der Waals surface area contributed by atoms with Crippen molar-refractivity contribution in [3.63, 3.8) is 0 Å². The fourth-order valence-electron chi connectivity index (χ4n) is 2.08. The number of hydrogen-bond donors (Lipinski definition) is 1. The summed E-state index contributed by atoms with van der Waals surface area (Å²) in [6.45, 7) is 4.16. The summed E-state index contributed by atoms with van der Waals surface area (Å²) in [6.07, 6.45) is 6.30. The average molecular weight is 248 g/mol. The Bertz CT molecular complexity index is 501. The van der Waals surface area contributed by atoms with E-state index >= 15 is 0 Å². The van der Waals surface area contributed by atoms with Crippen LogP contribution in [0.2, 0.25) is 0 Å². The average Bonchev–Trinajstić information content (AvgIpc) is 2.94. The summed E-state index contributed by atoms with van der Waals surface area (Å²) in [6, 6.07) is 2.29. The minimum Gasteiger partial charge on any atom is -0.387 e. The van der Waals surface area contributed by atoms with Gasteiger partial charge in [0.1, 0.15) is 0 Å². The molecule has 1 unspecified atom stereocenters. The van der Waals surface area contributed by atoms with Crippen molar-refractivity contribution >= 4 is 0 Å². The van der Waals surface area contributed by atoms with Gasteiger partial charge in [-0.15, -0.1) is 0 Å². The summed E-state index contributed by atoms with van der Waals surface area (Å²) in [7, 11) is 1.92. The number of nitrogens with zero attached hydrogens (tertiary/aromatic N) is 4. The fourth-order valence-corrected chi connectivity index (χ4v) is 2.08. The van der Waals surface area contributed by atoms with Crippen molar-refractivity contribution in [3.05, 3.63) is 36.2 Å². The molecule has 0 radical (unpaired) electrons. The molecule has 2 aromatic rings. The van der Waals surface area contributed by atoms with Crippen LogP contribution in [0.15, 0.2) is 24.8 Å². The number of aliphatic hydroxyl groups excluding tert-OH is 1. The van der Waals surface area contributed by atoms with Crippen LogP contribution >= 0.6 is 0 Å². The van der Waals surface area contributed by atoms with E-state index in [0.717, 1.165) is 17.8 Å². The van der Waals surface area contributed by atoms with Gasteiger partial charge in [0, 0.05) is 25.0 Å². The second-order valence-electron chi connectivity index (χ2n) is 4.82. The molecule has 98 valence electrons. The van der Waals surface area contributed by atoms with Gasteiger partial charge in [0.05, 0.1) is 24.3 Å². The summed E-state index contributed by atoms with van der Waals surface area (Å²) >= 11 is 0. The highest BCUT2D eigenvalue weighted by Crippen LogP contribution is 2.21. The van der Waals surface area contributed by atoms with Gasteiger partial charge in [-0.05, 0) is 32.8 Å². The molecule has 1 N–H and O–H groups in total. The molecule has 0 aliphatic heterocycles. The molecule has 0 spiro atoms. The molecule has 2 heterocycles. The third-order valence-corrected chi connectivity index (χ3v) is 3.19. The van der Waals surface area contributed by atoms with E-state index in [1.54, 1.807) is 18.7 Å². The SMILES string of the molecule is CC(C)n1cncc1C(O)CCc1ccnn1C. The molecule has 1 atom stereocenters. The molecule has 0 amide bonds. The first kappa shape index (κ1) is 12.8. The van der Waals surface area contributed by atoms with E-state index in [-0.39, 0.29) is 0 Å². The van der Waals surface area contributed by atoms with Crippen LogP contribution in [0, 0.1) is 0 Å². The Morgan fingerprint density at radius 2 is 2.17 bits per heavy atom. The van der Waals surface area contributed by atoms with Crippen molar-refractivity contribution in [1.82, 2.24) is 19.3 Å². The van der Waals surface area contributed by atoms with Crippen LogP contribution in [0.5, 0.6) is 0 Å². The first-order valence-corrected chi connectivity index (χ1v) is 6.26. The van der Waals surface area contributed by atoms with Crippen molar-refractivity contribution < 1.29 is 5.11 Å². The van der Waals surface area contributed by atoms with Gasteiger partial charge in [0.25, 0.3) is 0 Å². The molecule has 0 aromatic carbocycles. The third kappa shape index (κ3) is 2.61. The second-order valence-corrected chi connectivity index (χ2v) is 4.82. The van der Waals surface area contributed by atoms with E-state index in [2.05, 4.69) is 23.9 Å². The van der Waals surface area contributed by atoms with Gasteiger partial charge in [-0.3, -0.25) is 4.68 Å². The van der Waals surface area contributed by atoms with E-state index in [1.807, 2.05) is 22.4 Å². The zero-order chi connectivity index (χ0) is 13.1. The van der Waals surface area contributed by atoms with Gasteiger partial charge < -0.3 is 9.67 Å². The lowest BCUT2D eigenvalue weighted by Crippen LogP contribution is -2.10. The number of aryl methyl sites for hydroxylation is 2. The van der Waals surface area contributed by atoms with Crippen molar-refractivity contribution in [2.45, 2.75) is 38.8 Å². The molecule has 0 bridgehead atoms. The standard InChI is InChI=1S/C13H20N4O/c1-10(2)17-9-14-8-12(17)13(18)5-4-11-6-7-15-16(11)3/h6-10,13,18H,4-5H2,1-3H3. The van der Waals surface area contributed by atoms with Crippen molar-refractivity contribution in [2.24, 2.45) is 7.05 Å². The molecule has 0 fully saturated rings. The molecule has 0 aliphatic rings. The second kappa shape index (κ2) is 5.35. The minimum atomic E-state index is -0.482. The van der Waals surface area contributed by atoms with Crippen molar-refractivity contribution in [2.75, 3.05) is 0 Å². The highest BCUT2D eigenvalue weighted by Gasteiger charge is 2.15. The number of aromatic nitrogens is 4. The zero-order valence-corrected chi connectivity index (χ0v) is 11.1. The van der Waals surface area contributed by atoms with Crippen LogP contribution in [0.3, 0.4) is 0 Å². The molecule has 0 aliphatic carbocycles. The normalized spacial score (nSPS) is 13.2. The highest BCUT2D eigenvalue weighted by molar-refractivity contribution is 5.06. The lowest BCUT2D eigenvalue weighted by atomic mass is 10.1. The summed E-state index contributed by atoms with van der Waals surface area (Å²) in [4.78, 5) is 4.11. The monoisotopic (exact) mass is 248 g/mol. The van der Waals surface area contributed by atoms with E-state index in [9.17, 15) is 5.11 Å². The number of rotatable bonds is 5. The van der Waals surface area contributed by atoms with Gasteiger partial charge in [-0.25, -0.2) is 4.98 Å². The Kier molecular flexibility index (Phi) is 3.81. The van der Waals surface area contributed by atoms with Gasteiger partial charge in [0.2, 0.25) is 0 Å². The zero-order valence-electron chi connectivity index (χ0n) is 11.1.